The average molecular weight is 531 g/mol. The lowest BCUT2D eigenvalue weighted by Gasteiger charge is -2.18. The second-order valence-electron chi connectivity index (χ2n) is 8.89. The van der Waals surface area contributed by atoms with E-state index >= 15 is 0 Å². The minimum absolute atomic E-state index is 0.179. The molecule has 10 heteroatoms. The van der Waals surface area contributed by atoms with Crippen LogP contribution in [0.4, 0.5) is 15.8 Å². The van der Waals surface area contributed by atoms with Gasteiger partial charge in [0.05, 0.1) is 17.9 Å². The molecular formula is C25H30N4O3S3. The zero-order valence-corrected chi connectivity index (χ0v) is 22.8. The molecule has 2 aromatic heterocycles. The van der Waals surface area contributed by atoms with E-state index in [-0.39, 0.29) is 17.6 Å². The van der Waals surface area contributed by atoms with Gasteiger partial charge in [-0.1, -0.05) is 56.0 Å². The third kappa shape index (κ3) is 6.42. The SMILES string of the molecule is CCOC(=O)c1c(NC(=O)CSc2nnc(Nc3ccc(C(C)C)cc3)s2)sc2c1CC[C@H](C)C2. The highest BCUT2D eigenvalue weighted by Gasteiger charge is 2.29. The van der Waals surface area contributed by atoms with Crippen LogP contribution in [0, 0.1) is 5.92 Å². The second-order valence-corrected chi connectivity index (χ2v) is 12.2. The molecule has 4 rings (SSSR count). The summed E-state index contributed by atoms with van der Waals surface area (Å²) in [7, 11) is 0. The van der Waals surface area contributed by atoms with Crippen LogP contribution in [0.2, 0.25) is 0 Å². The maximum absolute atomic E-state index is 12.7. The molecule has 0 saturated heterocycles. The molecule has 0 bridgehead atoms. The molecule has 0 aliphatic heterocycles. The van der Waals surface area contributed by atoms with Gasteiger partial charge in [0.2, 0.25) is 11.0 Å². The fourth-order valence-corrected chi connectivity index (χ4v) is 6.93. The van der Waals surface area contributed by atoms with Crippen molar-refractivity contribution in [3.63, 3.8) is 0 Å². The van der Waals surface area contributed by atoms with Gasteiger partial charge in [0, 0.05) is 10.6 Å². The van der Waals surface area contributed by atoms with E-state index in [1.54, 1.807) is 6.92 Å². The number of fused-ring (bicyclic) bond motifs is 1. The number of amides is 1. The van der Waals surface area contributed by atoms with E-state index in [1.165, 1.54) is 44.9 Å². The van der Waals surface area contributed by atoms with Crippen LogP contribution in [0.1, 0.15) is 66.4 Å². The second kappa shape index (κ2) is 11.5. The van der Waals surface area contributed by atoms with E-state index in [0.29, 0.717) is 38.5 Å². The molecule has 1 aromatic carbocycles. The van der Waals surface area contributed by atoms with Crippen molar-refractivity contribution in [1.82, 2.24) is 10.2 Å². The zero-order chi connectivity index (χ0) is 24.9. The summed E-state index contributed by atoms with van der Waals surface area (Å²) in [6.45, 7) is 8.64. The van der Waals surface area contributed by atoms with E-state index in [2.05, 4.69) is 53.7 Å². The number of benzene rings is 1. The van der Waals surface area contributed by atoms with Gasteiger partial charge in [-0.3, -0.25) is 4.79 Å². The van der Waals surface area contributed by atoms with Crippen LogP contribution in [0.15, 0.2) is 28.6 Å². The number of anilines is 3. The Kier molecular flexibility index (Phi) is 8.46. The Bertz CT molecular complexity index is 1190. The summed E-state index contributed by atoms with van der Waals surface area (Å²) < 4.78 is 5.99. The Morgan fingerprint density at radius 1 is 1.20 bits per heavy atom. The van der Waals surface area contributed by atoms with Crippen molar-refractivity contribution in [2.75, 3.05) is 23.0 Å². The van der Waals surface area contributed by atoms with Crippen molar-refractivity contribution in [1.29, 1.82) is 0 Å². The molecule has 7 nitrogen and oxygen atoms in total. The molecule has 2 N–H and O–H groups in total. The Hall–Kier alpha value is -2.43. The van der Waals surface area contributed by atoms with Gasteiger partial charge < -0.3 is 15.4 Å². The van der Waals surface area contributed by atoms with E-state index < -0.39 is 0 Å². The van der Waals surface area contributed by atoms with Gasteiger partial charge in [-0.05, 0) is 61.3 Å². The van der Waals surface area contributed by atoms with Crippen LogP contribution >= 0.6 is 34.4 Å². The number of thiophene rings is 1. The van der Waals surface area contributed by atoms with Gasteiger partial charge in [-0.15, -0.1) is 21.5 Å². The third-order valence-electron chi connectivity index (χ3n) is 5.81. The quantitative estimate of drug-likeness (QED) is 0.241. The highest BCUT2D eigenvalue weighted by molar-refractivity contribution is 8.01. The molecule has 1 aliphatic rings. The number of thioether (sulfide) groups is 1. The predicted molar refractivity (Wildman–Crippen MR) is 145 cm³/mol. The van der Waals surface area contributed by atoms with Crippen molar-refractivity contribution in [3.05, 3.63) is 45.8 Å². The Morgan fingerprint density at radius 2 is 1.97 bits per heavy atom. The lowest BCUT2D eigenvalue weighted by molar-refractivity contribution is -0.113. The maximum Gasteiger partial charge on any atom is 0.341 e. The maximum atomic E-state index is 12.7. The lowest BCUT2D eigenvalue weighted by atomic mass is 9.88. The molecule has 1 aliphatic carbocycles. The molecule has 35 heavy (non-hydrogen) atoms. The van der Waals surface area contributed by atoms with Crippen molar-refractivity contribution in [2.24, 2.45) is 5.92 Å². The number of nitrogens with one attached hydrogen (secondary N) is 2. The Labute approximate surface area is 218 Å². The summed E-state index contributed by atoms with van der Waals surface area (Å²) >= 11 is 4.23. The van der Waals surface area contributed by atoms with Gasteiger partial charge in [-0.25, -0.2) is 4.79 Å². The predicted octanol–water partition coefficient (Wildman–Crippen LogP) is 6.50. The van der Waals surface area contributed by atoms with Crippen LogP contribution in [0.25, 0.3) is 0 Å². The van der Waals surface area contributed by atoms with E-state index in [1.807, 2.05) is 12.1 Å². The third-order valence-corrected chi connectivity index (χ3v) is 8.95. The molecule has 0 fully saturated rings. The first kappa shape index (κ1) is 25.7. The largest absolute Gasteiger partial charge is 0.462 e. The van der Waals surface area contributed by atoms with E-state index in [9.17, 15) is 9.59 Å². The molecule has 0 spiro atoms. The van der Waals surface area contributed by atoms with Gasteiger partial charge in [0.1, 0.15) is 5.00 Å². The molecule has 0 saturated carbocycles. The van der Waals surface area contributed by atoms with Crippen LogP contribution < -0.4 is 10.6 Å². The lowest BCUT2D eigenvalue weighted by Crippen LogP contribution is -2.17. The van der Waals surface area contributed by atoms with Crippen molar-refractivity contribution in [3.8, 4) is 0 Å². The van der Waals surface area contributed by atoms with Gasteiger partial charge in [-0.2, -0.15) is 0 Å². The summed E-state index contributed by atoms with van der Waals surface area (Å²) in [6, 6.07) is 8.25. The first-order valence-electron chi connectivity index (χ1n) is 11.8. The minimum Gasteiger partial charge on any atom is -0.462 e. The standard InChI is InChI=1S/C25H30N4O3S3/c1-5-32-23(31)21-18-11-6-15(4)12-19(18)34-22(21)27-20(30)13-33-25-29-28-24(35-25)26-17-9-7-16(8-10-17)14(2)3/h7-10,14-15H,5-6,11-13H2,1-4H3,(H,26,28)(H,27,30)/t15-/m0/s1. The molecule has 186 valence electrons. The fraction of sp³-hybridized carbons (Fsp3) is 0.440. The molecule has 0 radical (unpaired) electrons. The monoisotopic (exact) mass is 530 g/mol. The minimum atomic E-state index is -0.358. The summed E-state index contributed by atoms with van der Waals surface area (Å²) in [5.41, 5.74) is 3.79. The summed E-state index contributed by atoms with van der Waals surface area (Å²) in [5, 5.41) is 15.9. The number of nitrogens with zero attached hydrogens (tertiary/aromatic N) is 2. The summed E-state index contributed by atoms with van der Waals surface area (Å²) in [6.07, 6.45) is 2.80. The average Bonchev–Trinajstić information content (AvgIpc) is 3.41. The first-order chi connectivity index (χ1) is 16.8. The van der Waals surface area contributed by atoms with Gasteiger partial charge in [0.15, 0.2) is 4.34 Å². The van der Waals surface area contributed by atoms with Crippen molar-refractivity contribution < 1.29 is 14.3 Å². The Balaban J connectivity index is 1.37. The number of ether oxygens (including phenoxy) is 1. The molecule has 1 amide bonds. The molecular weight excluding hydrogens is 501 g/mol. The normalized spacial score (nSPS) is 15.1. The van der Waals surface area contributed by atoms with E-state index in [4.69, 9.17) is 4.74 Å². The molecule has 2 heterocycles. The number of carbonyl (C=O) groups excluding carboxylic acids is 2. The first-order valence-corrected chi connectivity index (χ1v) is 14.4. The molecule has 1 atom stereocenters. The molecule has 0 unspecified atom stereocenters. The van der Waals surface area contributed by atoms with Gasteiger partial charge in [0.25, 0.3) is 0 Å². The number of hydrogen-bond donors (Lipinski definition) is 2. The Morgan fingerprint density at radius 3 is 2.69 bits per heavy atom. The number of carbonyl (C=O) groups is 2. The number of hydrogen-bond acceptors (Lipinski definition) is 9. The van der Waals surface area contributed by atoms with E-state index in [0.717, 1.165) is 30.5 Å². The number of esters is 1. The van der Waals surface area contributed by atoms with Crippen LogP contribution in [0.5, 0.6) is 0 Å². The number of aromatic nitrogens is 2. The van der Waals surface area contributed by atoms with Gasteiger partial charge >= 0.3 is 5.97 Å². The van der Waals surface area contributed by atoms with Crippen LogP contribution in [-0.4, -0.2) is 34.4 Å². The molecule has 3 aromatic rings. The van der Waals surface area contributed by atoms with Crippen molar-refractivity contribution >= 4 is 62.1 Å². The van der Waals surface area contributed by atoms with Crippen molar-refractivity contribution in [2.45, 2.75) is 57.2 Å². The number of rotatable bonds is 9. The summed E-state index contributed by atoms with van der Waals surface area (Å²) in [5.74, 6) is 0.698. The highest BCUT2D eigenvalue weighted by atomic mass is 32.2. The smallest absolute Gasteiger partial charge is 0.341 e. The fourth-order valence-electron chi connectivity index (χ4n) is 3.94. The van der Waals surface area contributed by atoms with Crippen LogP contribution in [-0.2, 0) is 22.4 Å². The highest BCUT2D eigenvalue weighted by Crippen LogP contribution is 2.40. The zero-order valence-electron chi connectivity index (χ0n) is 20.3. The summed E-state index contributed by atoms with van der Waals surface area (Å²) in [4.78, 5) is 26.6. The van der Waals surface area contributed by atoms with Crippen LogP contribution in [0.3, 0.4) is 0 Å². The topological polar surface area (TPSA) is 93.2 Å².